The van der Waals surface area contributed by atoms with Crippen LogP contribution in [0.15, 0.2) is 34.3 Å². The fourth-order valence-electron chi connectivity index (χ4n) is 5.62. The number of aromatic nitrogens is 2. The number of pyridine rings is 2. The number of carbonyl (C=O) groups excluding carboxylic acids is 1. The predicted molar refractivity (Wildman–Crippen MR) is 121 cm³/mol. The molecule has 0 spiro atoms. The van der Waals surface area contributed by atoms with Gasteiger partial charge in [0.2, 0.25) is 5.92 Å². The molecule has 2 N–H and O–H groups in total. The highest BCUT2D eigenvalue weighted by Gasteiger charge is 2.41. The largest absolute Gasteiger partial charge is 0.358 e. The van der Waals surface area contributed by atoms with Crippen molar-refractivity contribution in [3.63, 3.8) is 0 Å². The van der Waals surface area contributed by atoms with Gasteiger partial charge in [0.05, 0.1) is 10.9 Å². The van der Waals surface area contributed by atoms with Crippen molar-refractivity contribution in [3.05, 3.63) is 51.1 Å². The number of nitrogens with one attached hydrogen (secondary N) is 2. The minimum atomic E-state index is -2.55. The van der Waals surface area contributed by atoms with Crippen molar-refractivity contribution in [1.29, 1.82) is 0 Å². The zero-order valence-corrected chi connectivity index (χ0v) is 18.9. The molecular formula is C25H31F2N3O2. The van der Waals surface area contributed by atoms with E-state index in [1.54, 1.807) is 12.1 Å². The highest BCUT2D eigenvalue weighted by Crippen LogP contribution is 2.49. The maximum atomic E-state index is 13.8. The Morgan fingerprint density at radius 1 is 1.22 bits per heavy atom. The molecule has 4 rings (SSSR count). The lowest BCUT2D eigenvalue weighted by atomic mass is 9.65. The van der Waals surface area contributed by atoms with Gasteiger partial charge < -0.3 is 10.3 Å². The van der Waals surface area contributed by atoms with Crippen molar-refractivity contribution < 1.29 is 13.6 Å². The average molecular weight is 444 g/mol. The number of nitrogens with zero attached hydrogens (tertiary/aromatic N) is 1. The van der Waals surface area contributed by atoms with Crippen molar-refractivity contribution in [2.24, 2.45) is 11.8 Å². The van der Waals surface area contributed by atoms with Gasteiger partial charge in [-0.2, -0.15) is 0 Å². The van der Waals surface area contributed by atoms with Crippen molar-refractivity contribution in [2.45, 2.75) is 70.6 Å². The number of fused-ring (bicyclic) bond motifs is 1. The molecule has 0 radical (unpaired) electrons. The molecule has 2 fully saturated rings. The second-order valence-corrected chi connectivity index (χ2v) is 9.56. The van der Waals surface area contributed by atoms with Gasteiger partial charge in [0.25, 0.3) is 5.91 Å². The Hall–Kier alpha value is -2.57. The van der Waals surface area contributed by atoms with Gasteiger partial charge in [-0.25, -0.2) is 8.78 Å². The SMILES string of the molecule is CNC(=O)c1nccc2[nH]c([C@@H]3CC(=C(C)C)CC[C@H]3C3CCC(F)(F)CC3)cc(=O)c12. The molecule has 7 heteroatoms. The second-order valence-electron chi connectivity index (χ2n) is 9.56. The van der Waals surface area contributed by atoms with Gasteiger partial charge in [0.1, 0.15) is 5.69 Å². The first kappa shape index (κ1) is 22.6. The summed E-state index contributed by atoms with van der Waals surface area (Å²) in [6, 6.07) is 3.31. The third-order valence-electron chi connectivity index (χ3n) is 7.44. The molecule has 2 saturated carbocycles. The van der Waals surface area contributed by atoms with E-state index in [0.717, 1.165) is 25.0 Å². The predicted octanol–water partition coefficient (Wildman–Crippen LogP) is 5.33. The van der Waals surface area contributed by atoms with Gasteiger partial charge in [-0.1, -0.05) is 11.1 Å². The zero-order chi connectivity index (χ0) is 23.0. The Morgan fingerprint density at radius 2 is 1.94 bits per heavy atom. The summed E-state index contributed by atoms with van der Waals surface area (Å²) >= 11 is 0. The molecule has 0 aliphatic heterocycles. The lowest BCUT2D eigenvalue weighted by molar-refractivity contribution is -0.0550. The molecule has 1 amide bonds. The highest BCUT2D eigenvalue weighted by atomic mass is 19.3. The van der Waals surface area contributed by atoms with Crippen LogP contribution in [0.3, 0.4) is 0 Å². The molecule has 2 aliphatic carbocycles. The number of hydrogen-bond acceptors (Lipinski definition) is 3. The molecule has 0 unspecified atom stereocenters. The van der Waals surface area contributed by atoms with Gasteiger partial charge in [-0.05, 0) is 63.9 Å². The van der Waals surface area contributed by atoms with Gasteiger partial charge in [0.15, 0.2) is 5.43 Å². The fraction of sp³-hybridized carbons (Fsp3) is 0.560. The third-order valence-corrected chi connectivity index (χ3v) is 7.44. The molecule has 2 aromatic rings. The highest BCUT2D eigenvalue weighted by molar-refractivity contribution is 6.04. The molecule has 5 nitrogen and oxygen atoms in total. The Balaban J connectivity index is 1.75. The van der Waals surface area contributed by atoms with Crippen LogP contribution in [0.25, 0.3) is 10.9 Å². The van der Waals surface area contributed by atoms with E-state index in [1.165, 1.54) is 24.4 Å². The van der Waals surface area contributed by atoms with Crippen LogP contribution in [-0.4, -0.2) is 28.8 Å². The summed E-state index contributed by atoms with van der Waals surface area (Å²) in [7, 11) is 1.51. The number of carbonyl (C=O) groups is 1. The normalized spacial score (nSPS) is 23.8. The van der Waals surface area contributed by atoms with Crippen LogP contribution in [0.1, 0.15) is 80.9 Å². The number of alkyl halides is 2. The van der Waals surface area contributed by atoms with Crippen LogP contribution in [-0.2, 0) is 0 Å². The van der Waals surface area contributed by atoms with Crippen LogP contribution in [0.2, 0.25) is 0 Å². The minimum Gasteiger partial charge on any atom is -0.358 e. The van der Waals surface area contributed by atoms with Crippen LogP contribution in [0.5, 0.6) is 0 Å². The first-order valence-electron chi connectivity index (χ1n) is 11.5. The number of aromatic amines is 1. The monoisotopic (exact) mass is 443 g/mol. The van der Waals surface area contributed by atoms with Crippen LogP contribution < -0.4 is 10.7 Å². The van der Waals surface area contributed by atoms with Crippen LogP contribution in [0.4, 0.5) is 8.78 Å². The number of allylic oxidation sites excluding steroid dienone is 2. The van der Waals surface area contributed by atoms with Crippen molar-refractivity contribution in [1.82, 2.24) is 15.3 Å². The summed E-state index contributed by atoms with van der Waals surface area (Å²) in [5.74, 6) is -2.40. The quantitative estimate of drug-likeness (QED) is 0.630. The van der Waals surface area contributed by atoms with Crippen molar-refractivity contribution in [3.8, 4) is 0 Å². The third kappa shape index (κ3) is 4.34. The summed E-state index contributed by atoms with van der Waals surface area (Å²) in [5, 5.41) is 2.81. The molecule has 0 saturated heterocycles. The first-order chi connectivity index (χ1) is 15.2. The second kappa shape index (κ2) is 8.75. The van der Waals surface area contributed by atoms with E-state index in [9.17, 15) is 18.4 Å². The first-order valence-corrected chi connectivity index (χ1v) is 11.5. The summed E-state index contributed by atoms with van der Waals surface area (Å²) in [6.45, 7) is 4.22. The smallest absolute Gasteiger partial charge is 0.270 e. The zero-order valence-electron chi connectivity index (χ0n) is 18.9. The Kier molecular flexibility index (Phi) is 6.19. The van der Waals surface area contributed by atoms with Crippen LogP contribution >= 0.6 is 0 Å². The fourth-order valence-corrected chi connectivity index (χ4v) is 5.62. The number of rotatable bonds is 3. The molecular weight excluding hydrogens is 412 g/mol. The lowest BCUT2D eigenvalue weighted by Crippen LogP contribution is -2.33. The molecule has 2 aromatic heterocycles. The maximum Gasteiger partial charge on any atom is 0.270 e. The lowest BCUT2D eigenvalue weighted by Gasteiger charge is -2.41. The molecule has 2 aliphatic rings. The van der Waals surface area contributed by atoms with Gasteiger partial charge in [-0.3, -0.25) is 14.6 Å². The van der Waals surface area contributed by atoms with E-state index in [-0.39, 0.29) is 47.1 Å². The molecule has 0 aromatic carbocycles. The van der Waals surface area contributed by atoms with Crippen LogP contribution in [0, 0.1) is 11.8 Å². The van der Waals surface area contributed by atoms with E-state index < -0.39 is 11.8 Å². The topological polar surface area (TPSA) is 74.8 Å². The number of halogens is 2. The Bertz CT molecular complexity index is 1110. The molecule has 32 heavy (non-hydrogen) atoms. The Labute approximate surface area is 186 Å². The Morgan fingerprint density at radius 3 is 2.59 bits per heavy atom. The maximum absolute atomic E-state index is 13.8. The molecule has 2 heterocycles. The van der Waals surface area contributed by atoms with E-state index in [1.807, 2.05) is 0 Å². The van der Waals surface area contributed by atoms with Crippen molar-refractivity contribution in [2.75, 3.05) is 7.05 Å². The summed E-state index contributed by atoms with van der Waals surface area (Å²) in [6.07, 6.45) is 5.24. The van der Waals surface area contributed by atoms with E-state index in [2.05, 4.69) is 29.1 Å². The van der Waals surface area contributed by atoms with E-state index in [4.69, 9.17) is 0 Å². The summed E-state index contributed by atoms with van der Waals surface area (Å²) in [5.41, 5.74) is 3.96. The average Bonchev–Trinajstić information content (AvgIpc) is 2.77. The number of hydrogen-bond donors (Lipinski definition) is 2. The molecule has 0 bridgehead atoms. The standard InChI is InChI=1S/C25H31F2N3O2/c1-14(2)16-4-5-17(15-6-9-25(26,27)10-7-15)18(12-16)20-13-21(31)22-19(30-20)8-11-29-23(22)24(32)28-3/h8,11,13,15,17-18H,4-7,9-10,12H2,1-3H3,(H,28,32)(H,30,31)/t17-,18+/m0/s1. The van der Waals surface area contributed by atoms with Crippen molar-refractivity contribution >= 4 is 16.8 Å². The molecule has 172 valence electrons. The number of amides is 1. The number of H-pyrrole nitrogens is 1. The summed E-state index contributed by atoms with van der Waals surface area (Å²) < 4.78 is 27.6. The van der Waals surface area contributed by atoms with E-state index in [0.29, 0.717) is 18.4 Å². The summed E-state index contributed by atoms with van der Waals surface area (Å²) in [4.78, 5) is 32.8. The van der Waals surface area contributed by atoms with Gasteiger partial charge >= 0.3 is 0 Å². The minimum absolute atomic E-state index is 0.0498. The van der Waals surface area contributed by atoms with Gasteiger partial charge in [-0.15, -0.1) is 0 Å². The van der Waals surface area contributed by atoms with Gasteiger partial charge in [0, 0.05) is 43.8 Å². The van der Waals surface area contributed by atoms with E-state index >= 15 is 0 Å². The molecule has 2 atom stereocenters.